The molecule has 0 aromatic heterocycles. The van der Waals surface area contributed by atoms with Gasteiger partial charge in [0.25, 0.3) is 11.6 Å². The molecule has 0 atom stereocenters. The van der Waals surface area contributed by atoms with Crippen molar-refractivity contribution in [3.05, 3.63) is 57.4 Å². The number of ether oxygens (including phenoxy) is 1. The van der Waals surface area contributed by atoms with Crippen LogP contribution in [0.1, 0.15) is 20.8 Å². The van der Waals surface area contributed by atoms with Gasteiger partial charge in [0.15, 0.2) is 17.2 Å². The third-order valence-corrected chi connectivity index (χ3v) is 3.87. The van der Waals surface area contributed by atoms with Gasteiger partial charge >= 0.3 is 0 Å². The van der Waals surface area contributed by atoms with Crippen LogP contribution in [0, 0.1) is 15.9 Å². The Morgan fingerprint density at radius 1 is 1.26 bits per heavy atom. The van der Waals surface area contributed by atoms with E-state index in [0.717, 1.165) is 18.2 Å². The summed E-state index contributed by atoms with van der Waals surface area (Å²) in [5, 5.41) is 16.9. The number of carbonyl (C=O) groups excluding carboxylic acids is 1. The van der Waals surface area contributed by atoms with E-state index in [1.54, 1.807) is 18.2 Å². The van der Waals surface area contributed by atoms with Crippen LogP contribution in [-0.4, -0.2) is 23.0 Å². The number of nitrogens with zero attached hydrogens (tertiary/aromatic N) is 1. The zero-order valence-electron chi connectivity index (χ0n) is 15.0. The quantitative estimate of drug-likeness (QED) is 0.527. The van der Waals surface area contributed by atoms with Crippen LogP contribution in [0.2, 0.25) is 5.02 Å². The first kappa shape index (κ1) is 20.4. The van der Waals surface area contributed by atoms with E-state index in [1.807, 2.05) is 6.92 Å². The first-order chi connectivity index (χ1) is 12.6. The number of halogens is 2. The number of rotatable bonds is 7. The Labute approximate surface area is 160 Å². The van der Waals surface area contributed by atoms with Gasteiger partial charge in [0.1, 0.15) is 0 Å². The number of hydrogen-bond donors (Lipinski definition) is 2. The summed E-state index contributed by atoms with van der Waals surface area (Å²) in [7, 11) is 0. The van der Waals surface area contributed by atoms with Crippen LogP contribution >= 0.6 is 11.6 Å². The Hall–Kier alpha value is -2.87. The Bertz CT molecular complexity index is 874. The molecule has 0 fully saturated rings. The lowest BCUT2D eigenvalue weighted by Gasteiger charge is -2.26. The maximum absolute atomic E-state index is 14.1. The van der Waals surface area contributed by atoms with Crippen molar-refractivity contribution < 1.29 is 18.8 Å². The number of carbonyl (C=O) groups is 1. The lowest BCUT2D eigenvalue weighted by Crippen LogP contribution is -2.42. The van der Waals surface area contributed by atoms with Gasteiger partial charge in [0, 0.05) is 17.6 Å². The average molecular weight is 396 g/mol. The smallest absolute Gasteiger partial charge is 0.272 e. The van der Waals surface area contributed by atoms with E-state index in [4.69, 9.17) is 16.3 Å². The van der Waals surface area contributed by atoms with Crippen LogP contribution in [-0.2, 0) is 4.79 Å². The molecular weight excluding hydrogens is 377 g/mol. The Morgan fingerprint density at radius 2 is 1.96 bits per heavy atom. The van der Waals surface area contributed by atoms with Gasteiger partial charge in [0.2, 0.25) is 0 Å². The number of anilines is 2. The van der Waals surface area contributed by atoms with Gasteiger partial charge in [-0.25, -0.2) is 4.39 Å². The molecule has 0 spiro atoms. The van der Waals surface area contributed by atoms with E-state index in [0.29, 0.717) is 22.9 Å². The van der Waals surface area contributed by atoms with E-state index in [1.165, 1.54) is 13.8 Å². The molecule has 2 aromatic rings. The highest BCUT2D eigenvalue weighted by molar-refractivity contribution is 6.31. The van der Waals surface area contributed by atoms with Gasteiger partial charge in [-0.3, -0.25) is 14.9 Å². The van der Waals surface area contributed by atoms with E-state index in [2.05, 4.69) is 10.6 Å². The minimum atomic E-state index is -1.46. The standard InChI is InChI=1S/C18H19ClFN3O4/c1-4-21-14-7-5-11(19)9-15(14)22-17(24)18(2,3)27-16-8-6-12(23(25)26)10-13(16)20/h5-10,21H,4H2,1-3H3,(H,22,24). The van der Waals surface area contributed by atoms with Crippen molar-refractivity contribution in [2.45, 2.75) is 26.4 Å². The van der Waals surface area contributed by atoms with Crippen molar-refractivity contribution in [2.24, 2.45) is 0 Å². The number of nitro groups is 1. The molecule has 0 saturated heterocycles. The summed E-state index contributed by atoms with van der Waals surface area (Å²) >= 11 is 5.99. The molecule has 7 nitrogen and oxygen atoms in total. The molecule has 0 aliphatic heterocycles. The normalized spacial score (nSPS) is 11.0. The monoisotopic (exact) mass is 395 g/mol. The van der Waals surface area contributed by atoms with Crippen molar-refractivity contribution in [1.29, 1.82) is 0 Å². The van der Waals surface area contributed by atoms with Crippen molar-refractivity contribution >= 4 is 34.6 Å². The zero-order valence-corrected chi connectivity index (χ0v) is 15.8. The number of non-ortho nitro benzene ring substituents is 1. The summed E-state index contributed by atoms with van der Waals surface area (Å²) in [5.74, 6) is -1.73. The fraction of sp³-hybridized carbons (Fsp3) is 0.278. The Balaban J connectivity index is 2.21. The average Bonchev–Trinajstić information content (AvgIpc) is 2.58. The molecule has 144 valence electrons. The molecule has 1 amide bonds. The fourth-order valence-corrected chi connectivity index (χ4v) is 2.42. The van der Waals surface area contributed by atoms with Crippen molar-refractivity contribution in [2.75, 3.05) is 17.2 Å². The van der Waals surface area contributed by atoms with E-state index in [-0.39, 0.29) is 5.75 Å². The molecule has 2 aromatic carbocycles. The van der Waals surface area contributed by atoms with Gasteiger partial charge < -0.3 is 15.4 Å². The van der Waals surface area contributed by atoms with Gasteiger partial charge in [-0.2, -0.15) is 0 Å². The molecule has 0 bridgehead atoms. The van der Waals surface area contributed by atoms with E-state index >= 15 is 0 Å². The summed E-state index contributed by atoms with van der Waals surface area (Å²) in [6.45, 7) is 5.46. The Morgan fingerprint density at radius 3 is 2.56 bits per heavy atom. The van der Waals surface area contributed by atoms with Crippen molar-refractivity contribution in [3.8, 4) is 5.75 Å². The minimum absolute atomic E-state index is 0.265. The lowest BCUT2D eigenvalue weighted by molar-refractivity contribution is -0.385. The van der Waals surface area contributed by atoms with Gasteiger partial charge in [-0.05, 0) is 45.0 Å². The van der Waals surface area contributed by atoms with E-state index in [9.17, 15) is 19.3 Å². The molecular formula is C18H19ClFN3O4. The SMILES string of the molecule is CCNc1ccc(Cl)cc1NC(=O)C(C)(C)Oc1ccc([N+](=O)[O-])cc1F. The summed E-state index contributed by atoms with van der Waals surface area (Å²) < 4.78 is 19.5. The molecule has 27 heavy (non-hydrogen) atoms. The fourth-order valence-electron chi connectivity index (χ4n) is 2.24. The molecule has 0 saturated carbocycles. The molecule has 0 aliphatic carbocycles. The minimum Gasteiger partial charge on any atom is -0.475 e. The molecule has 0 unspecified atom stereocenters. The maximum Gasteiger partial charge on any atom is 0.272 e. The maximum atomic E-state index is 14.1. The topological polar surface area (TPSA) is 93.5 Å². The van der Waals surface area contributed by atoms with Gasteiger partial charge in [-0.1, -0.05) is 11.6 Å². The molecule has 0 aliphatic rings. The molecule has 0 radical (unpaired) electrons. The number of hydrogen-bond acceptors (Lipinski definition) is 5. The van der Waals surface area contributed by atoms with Crippen LogP contribution in [0.3, 0.4) is 0 Å². The number of benzene rings is 2. The highest BCUT2D eigenvalue weighted by atomic mass is 35.5. The van der Waals surface area contributed by atoms with Crippen LogP contribution in [0.5, 0.6) is 5.75 Å². The number of nitrogens with one attached hydrogen (secondary N) is 2. The van der Waals surface area contributed by atoms with Crippen LogP contribution in [0.25, 0.3) is 0 Å². The third kappa shape index (κ3) is 5.07. The van der Waals surface area contributed by atoms with Gasteiger partial charge in [0.05, 0.1) is 22.4 Å². The first-order valence-electron chi connectivity index (χ1n) is 8.12. The Kier molecular flexibility index (Phi) is 6.22. The second-order valence-electron chi connectivity index (χ2n) is 6.16. The summed E-state index contributed by atoms with van der Waals surface area (Å²) in [4.78, 5) is 22.6. The molecule has 0 heterocycles. The number of nitro benzene ring substituents is 1. The molecule has 9 heteroatoms. The van der Waals surface area contributed by atoms with Crippen LogP contribution < -0.4 is 15.4 Å². The zero-order chi connectivity index (χ0) is 20.2. The third-order valence-electron chi connectivity index (χ3n) is 3.64. The summed E-state index contributed by atoms with van der Waals surface area (Å²) in [5.41, 5.74) is -0.734. The number of amides is 1. The van der Waals surface area contributed by atoms with Gasteiger partial charge in [-0.15, -0.1) is 0 Å². The van der Waals surface area contributed by atoms with Crippen LogP contribution in [0.4, 0.5) is 21.5 Å². The highest BCUT2D eigenvalue weighted by Crippen LogP contribution is 2.29. The van der Waals surface area contributed by atoms with Crippen molar-refractivity contribution in [1.82, 2.24) is 0 Å². The summed E-state index contributed by atoms with van der Waals surface area (Å²) in [6, 6.07) is 7.95. The summed E-state index contributed by atoms with van der Waals surface area (Å²) in [6.07, 6.45) is 0. The largest absolute Gasteiger partial charge is 0.475 e. The molecule has 2 N–H and O–H groups in total. The molecule has 2 rings (SSSR count). The second-order valence-corrected chi connectivity index (χ2v) is 6.60. The highest BCUT2D eigenvalue weighted by Gasteiger charge is 2.32. The first-order valence-corrected chi connectivity index (χ1v) is 8.49. The lowest BCUT2D eigenvalue weighted by atomic mass is 10.1. The van der Waals surface area contributed by atoms with Crippen molar-refractivity contribution in [3.63, 3.8) is 0 Å². The van der Waals surface area contributed by atoms with Crippen LogP contribution in [0.15, 0.2) is 36.4 Å². The second kappa shape index (κ2) is 8.22. The predicted octanol–water partition coefficient (Wildman–Crippen LogP) is 4.62. The van der Waals surface area contributed by atoms with E-state index < -0.39 is 27.9 Å². The predicted molar refractivity (Wildman–Crippen MR) is 102 cm³/mol.